The summed E-state index contributed by atoms with van der Waals surface area (Å²) in [6.07, 6.45) is 0. The van der Waals surface area contributed by atoms with Gasteiger partial charge in [-0.05, 0) is 52.3 Å². The monoisotopic (exact) mass is 603 g/mol. The van der Waals surface area contributed by atoms with Crippen LogP contribution in [-0.2, 0) is 0 Å². The standard InChI is InChI=1S/C41H25N3OSi/c1-46-25-19-20-26-27-21-22-34-36(29-14-6-9-17-33(29)45-34)39(27)44(32(26)23-25)31-16-8-5-13-28(31)40-42-38(24-11-3-2-4-12-24)37(41(46)43-40)30-15-7-10-18-35(30)46/h2-23H,1H3. The van der Waals surface area contributed by atoms with E-state index in [1.807, 2.05) is 6.07 Å². The molecule has 5 heterocycles. The van der Waals surface area contributed by atoms with Crippen LogP contribution in [0, 0.1) is 0 Å². The SMILES string of the molecule is C[Si]12c3ccc4c5ccc6oc7ccccc7c6c5n(c4c3)-c3ccccc3-c3nc(-c4ccccc4)c(c1n3)-c1ccccc12. The lowest BCUT2D eigenvalue weighted by Gasteiger charge is -2.26. The van der Waals surface area contributed by atoms with E-state index in [2.05, 4.69) is 139 Å². The van der Waals surface area contributed by atoms with Gasteiger partial charge in [0.1, 0.15) is 11.2 Å². The molecule has 214 valence electrons. The van der Waals surface area contributed by atoms with Crippen molar-refractivity contribution in [3.63, 3.8) is 0 Å². The second-order valence-corrected chi connectivity index (χ2v) is 16.5. The van der Waals surface area contributed by atoms with E-state index in [-0.39, 0.29) is 0 Å². The Labute approximate surface area is 265 Å². The van der Waals surface area contributed by atoms with Crippen molar-refractivity contribution in [1.29, 1.82) is 0 Å². The zero-order valence-corrected chi connectivity index (χ0v) is 26.0. The van der Waals surface area contributed by atoms with Crippen molar-refractivity contribution in [3.8, 4) is 39.5 Å². The number of furan rings is 1. The van der Waals surface area contributed by atoms with Crippen molar-refractivity contribution in [2.45, 2.75) is 6.55 Å². The van der Waals surface area contributed by atoms with Crippen molar-refractivity contribution in [3.05, 3.63) is 133 Å². The molecule has 6 aromatic carbocycles. The first-order valence-electron chi connectivity index (χ1n) is 15.8. The largest absolute Gasteiger partial charge is 0.456 e. The Kier molecular flexibility index (Phi) is 4.52. The van der Waals surface area contributed by atoms with Crippen LogP contribution in [0.4, 0.5) is 0 Å². The van der Waals surface area contributed by atoms with Gasteiger partial charge in [-0.3, -0.25) is 0 Å². The molecule has 0 fully saturated rings. The summed E-state index contributed by atoms with van der Waals surface area (Å²) in [7, 11) is -2.54. The average Bonchev–Trinajstić information content (AvgIpc) is 3.74. The Bertz CT molecular complexity index is 2780. The molecule has 11 rings (SSSR count). The van der Waals surface area contributed by atoms with Crippen molar-refractivity contribution in [2.24, 2.45) is 0 Å². The van der Waals surface area contributed by atoms with Crippen LogP contribution in [0.3, 0.4) is 0 Å². The summed E-state index contributed by atoms with van der Waals surface area (Å²) >= 11 is 0. The van der Waals surface area contributed by atoms with E-state index in [0.29, 0.717) is 0 Å². The molecule has 46 heavy (non-hydrogen) atoms. The zero-order valence-electron chi connectivity index (χ0n) is 25.0. The third kappa shape index (κ3) is 2.90. The van der Waals surface area contributed by atoms with Gasteiger partial charge in [0.05, 0.1) is 27.8 Å². The van der Waals surface area contributed by atoms with Crippen LogP contribution in [0.25, 0.3) is 83.2 Å². The van der Waals surface area contributed by atoms with E-state index in [9.17, 15) is 0 Å². The molecule has 0 amide bonds. The summed E-state index contributed by atoms with van der Waals surface area (Å²) in [6.45, 7) is 2.48. The van der Waals surface area contributed by atoms with E-state index < -0.39 is 8.07 Å². The number of benzene rings is 6. The maximum Gasteiger partial charge on any atom is 0.170 e. The number of fused-ring (bicyclic) bond motifs is 16. The number of hydrogen-bond acceptors (Lipinski definition) is 3. The summed E-state index contributed by atoms with van der Waals surface area (Å²) in [5.74, 6) is 0.768. The molecule has 3 aromatic heterocycles. The van der Waals surface area contributed by atoms with E-state index in [1.165, 1.54) is 43.1 Å². The minimum Gasteiger partial charge on any atom is -0.456 e. The third-order valence-electron chi connectivity index (χ3n) is 10.4. The lowest BCUT2D eigenvalue weighted by molar-refractivity contribution is 0.669. The molecule has 0 spiro atoms. The summed E-state index contributed by atoms with van der Waals surface area (Å²) in [4.78, 5) is 11.1. The molecular weight excluding hydrogens is 579 g/mol. The van der Waals surface area contributed by atoms with Crippen molar-refractivity contribution in [2.75, 3.05) is 0 Å². The van der Waals surface area contributed by atoms with Crippen molar-refractivity contribution < 1.29 is 4.42 Å². The summed E-state index contributed by atoms with van der Waals surface area (Å²) < 4.78 is 8.88. The highest BCUT2D eigenvalue weighted by molar-refractivity contribution is 7.13. The number of para-hydroxylation sites is 2. The first-order chi connectivity index (χ1) is 22.7. The van der Waals surface area contributed by atoms with Crippen LogP contribution in [0.5, 0.6) is 0 Å². The third-order valence-corrected chi connectivity index (χ3v) is 14.7. The zero-order chi connectivity index (χ0) is 30.1. The fourth-order valence-electron chi connectivity index (χ4n) is 8.29. The van der Waals surface area contributed by atoms with Gasteiger partial charge in [0.2, 0.25) is 0 Å². The Morgan fingerprint density at radius 3 is 2.30 bits per heavy atom. The fourth-order valence-corrected chi connectivity index (χ4v) is 12.2. The van der Waals surface area contributed by atoms with Crippen molar-refractivity contribution >= 4 is 67.5 Å². The smallest absolute Gasteiger partial charge is 0.170 e. The Balaban J connectivity index is 1.39. The molecule has 1 atom stereocenters. The van der Waals surface area contributed by atoms with Gasteiger partial charge in [-0.15, -0.1) is 0 Å². The molecule has 4 bridgehead atoms. The molecule has 2 aliphatic rings. The molecule has 0 saturated carbocycles. The molecule has 9 aromatic rings. The van der Waals surface area contributed by atoms with Gasteiger partial charge in [-0.25, -0.2) is 9.97 Å². The first-order valence-corrected chi connectivity index (χ1v) is 18.3. The molecule has 0 radical (unpaired) electrons. The summed E-state index contributed by atoms with van der Waals surface area (Å²) in [5.41, 5.74) is 10.8. The van der Waals surface area contributed by atoms with Crippen molar-refractivity contribution in [1.82, 2.24) is 14.5 Å². The normalized spacial score (nSPS) is 16.0. The highest BCUT2D eigenvalue weighted by atomic mass is 28.3. The summed E-state index contributed by atoms with van der Waals surface area (Å²) in [6, 6.07) is 48.1. The maximum absolute atomic E-state index is 6.43. The van der Waals surface area contributed by atoms with E-state index in [4.69, 9.17) is 14.4 Å². The second-order valence-electron chi connectivity index (χ2n) is 12.7. The Morgan fingerprint density at radius 2 is 1.39 bits per heavy atom. The molecule has 0 N–H and O–H groups in total. The van der Waals surface area contributed by atoms with Gasteiger partial charge in [0.25, 0.3) is 0 Å². The molecule has 1 unspecified atom stereocenters. The lowest BCUT2D eigenvalue weighted by atomic mass is 10.0. The van der Waals surface area contributed by atoms with Crippen LogP contribution < -0.4 is 15.7 Å². The van der Waals surface area contributed by atoms with Crippen LogP contribution in [0.15, 0.2) is 138 Å². The first kappa shape index (κ1) is 24.5. The predicted molar refractivity (Wildman–Crippen MR) is 190 cm³/mol. The topological polar surface area (TPSA) is 43.9 Å². The number of hydrogen-bond donors (Lipinski definition) is 0. The molecule has 0 saturated heterocycles. The maximum atomic E-state index is 6.43. The molecule has 0 aliphatic carbocycles. The van der Waals surface area contributed by atoms with Gasteiger partial charge >= 0.3 is 0 Å². The van der Waals surface area contributed by atoms with E-state index in [1.54, 1.807) is 0 Å². The molecule has 5 heteroatoms. The van der Waals surface area contributed by atoms with Crippen LogP contribution >= 0.6 is 0 Å². The molecule has 2 aliphatic heterocycles. The van der Waals surface area contributed by atoms with Crippen LogP contribution in [0.2, 0.25) is 6.55 Å². The van der Waals surface area contributed by atoms with Crippen LogP contribution in [0.1, 0.15) is 0 Å². The second kappa shape index (κ2) is 8.47. The van der Waals surface area contributed by atoms with Gasteiger partial charge in [-0.1, -0.05) is 104 Å². The molecule has 4 nitrogen and oxygen atoms in total. The minimum absolute atomic E-state index is 0.768. The Hall–Kier alpha value is -5.78. The highest BCUT2D eigenvalue weighted by Gasteiger charge is 2.47. The number of aromatic nitrogens is 3. The van der Waals surface area contributed by atoms with Gasteiger partial charge < -0.3 is 8.98 Å². The summed E-state index contributed by atoms with van der Waals surface area (Å²) in [5, 5.41) is 8.65. The highest BCUT2D eigenvalue weighted by Crippen LogP contribution is 2.44. The van der Waals surface area contributed by atoms with Crippen LogP contribution in [-0.4, -0.2) is 22.6 Å². The lowest BCUT2D eigenvalue weighted by Crippen LogP contribution is -2.63. The fraction of sp³-hybridized carbons (Fsp3) is 0.0244. The van der Waals surface area contributed by atoms with E-state index in [0.717, 1.165) is 55.8 Å². The Morgan fingerprint density at radius 1 is 0.630 bits per heavy atom. The van der Waals surface area contributed by atoms with Gasteiger partial charge in [0.15, 0.2) is 13.9 Å². The quantitative estimate of drug-likeness (QED) is 0.178. The number of rotatable bonds is 1. The van der Waals surface area contributed by atoms with E-state index >= 15 is 0 Å². The predicted octanol–water partition coefficient (Wildman–Crippen LogP) is 8.20. The minimum atomic E-state index is -2.54. The van der Waals surface area contributed by atoms with Gasteiger partial charge in [-0.2, -0.15) is 0 Å². The molecular formula is C41H25N3OSi. The van der Waals surface area contributed by atoms with Gasteiger partial charge in [0, 0.05) is 38.2 Å². The average molecular weight is 604 g/mol. The number of nitrogens with zero attached hydrogens (tertiary/aromatic N) is 3.